The summed E-state index contributed by atoms with van der Waals surface area (Å²) in [5, 5.41) is 2.66. The van der Waals surface area contributed by atoms with Crippen LogP contribution in [0.4, 0.5) is 8.78 Å². The minimum absolute atomic E-state index is 0.107. The Hall–Kier alpha value is -1.62. The van der Waals surface area contributed by atoms with E-state index in [2.05, 4.69) is 11.9 Å². The van der Waals surface area contributed by atoms with Gasteiger partial charge in [-0.3, -0.25) is 4.79 Å². The summed E-state index contributed by atoms with van der Waals surface area (Å²) < 4.78 is 30.5. The minimum atomic E-state index is -0.862. The fraction of sp³-hybridized carbons (Fsp3) is 0.182. The number of hydrogen-bond acceptors (Lipinski definition) is 2. The van der Waals surface area contributed by atoms with Gasteiger partial charge in [-0.25, -0.2) is 8.78 Å². The molecule has 0 spiro atoms. The predicted octanol–water partition coefficient (Wildman–Crippen LogP) is 2.21. The third kappa shape index (κ3) is 4.82. The van der Waals surface area contributed by atoms with Crippen molar-refractivity contribution in [2.24, 2.45) is 0 Å². The highest BCUT2D eigenvalue weighted by molar-refractivity contribution is 6.29. The number of amides is 1. The second-order valence-electron chi connectivity index (χ2n) is 3.16. The first-order valence-electron chi connectivity index (χ1n) is 4.67. The predicted molar refractivity (Wildman–Crippen MR) is 59.9 cm³/mol. The Balaban J connectivity index is 2.44. The molecule has 6 heteroatoms. The van der Waals surface area contributed by atoms with E-state index in [1.165, 1.54) is 0 Å². The summed E-state index contributed by atoms with van der Waals surface area (Å²) in [4.78, 5) is 11.2. The number of nitrogens with one attached hydrogen (secondary N) is 1. The van der Waals surface area contributed by atoms with Gasteiger partial charge in [0.15, 0.2) is 18.2 Å². The molecule has 1 aromatic carbocycles. The standard InChI is InChI=1S/C11H10ClF2NO2/c1-7(12)5-15-11(16)6-17-10-3-2-8(13)4-9(10)14/h2-4H,1,5-6H2,(H,15,16). The van der Waals surface area contributed by atoms with Crippen LogP contribution >= 0.6 is 11.6 Å². The maximum Gasteiger partial charge on any atom is 0.258 e. The van der Waals surface area contributed by atoms with Crippen LogP contribution in [0.2, 0.25) is 0 Å². The first-order valence-corrected chi connectivity index (χ1v) is 5.04. The van der Waals surface area contributed by atoms with Gasteiger partial charge >= 0.3 is 0 Å². The van der Waals surface area contributed by atoms with Crippen LogP contribution in [0.15, 0.2) is 29.8 Å². The SMILES string of the molecule is C=C(Cl)CNC(=O)COc1ccc(F)cc1F. The van der Waals surface area contributed by atoms with Crippen LogP contribution in [0.25, 0.3) is 0 Å². The Kier molecular flexibility index (Phi) is 4.90. The number of rotatable bonds is 5. The molecule has 0 saturated heterocycles. The molecular weight excluding hydrogens is 252 g/mol. The molecule has 0 atom stereocenters. The van der Waals surface area contributed by atoms with Crippen molar-refractivity contribution in [2.45, 2.75) is 0 Å². The van der Waals surface area contributed by atoms with Crippen LogP contribution in [-0.4, -0.2) is 19.1 Å². The molecule has 0 radical (unpaired) electrons. The highest BCUT2D eigenvalue weighted by Gasteiger charge is 2.07. The van der Waals surface area contributed by atoms with Gasteiger partial charge in [-0.15, -0.1) is 0 Å². The van der Waals surface area contributed by atoms with E-state index < -0.39 is 17.5 Å². The third-order valence-corrected chi connectivity index (χ3v) is 1.86. The van der Waals surface area contributed by atoms with Crippen molar-refractivity contribution in [1.82, 2.24) is 5.32 Å². The summed E-state index contributed by atoms with van der Waals surface area (Å²) in [5.41, 5.74) is 0. The van der Waals surface area contributed by atoms with E-state index >= 15 is 0 Å². The second-order valence-corrected chi connectivity index (χ2v) is 3.69. The van der Waals surface area contributed by atoms with Crippen molar-refractivity contribution in [3.8, 4) is 5.75 Å². The van der Waals surface area contributed by atoms with Crippen LogP contribution < -0.4 is 10.1 Å². The fourth-order valence-corrected chi connectivity index (χ4v) is 1.05. The van der Waals surface area contributed by atoms with Gasteiger partial charge in [0.05, 0.1) is 6.54 Å². The monoisotopic (exact) mass is 261 g/mol. The van der Waals surface area contributed by atoms with Gasteiger partial charge in [-0.1, -0.05) is 18.2 Å². The molecule has 1 N–H and O–H groups in total. The molecule has 0 aliphatic rings. The quantitative estimate of drug-likeness (QED) is 0.883. The Bertz CT molecular complexity index is 437. The lowest BCUT2D eigenvalue weighted by Gasteiger charge is -2.07. The zero-order chi connectivity index (χ0) is 12.8. The fourth-order valence-electron chi connectivity index (χ4n) is 0.981. The topological polar surface area (TPSA) is 38.3 Å². The average molecular weight is 262 g/mol. The number of carbonyl (C=O) groups excluding carboxylic acids is 1. The van der Waals surface area contributed by atoms with E-state index in [0.717, 1.165) is 12.1 Å². The number of carbonyl (C=O) groups is 1. The molecular formula is C11H10ClF2NO2. The maximum atomic E-state index is 13.1. The van der Waals surface area contributed by atoms with Gasteiger partial charge in [0, 0.05) is 11.1 Å². The molecule has 1 amide bonds. The summed E-state index contributed by atoms with van der Waals surface area (Å²) in [7, 11) is 0. The van der Waals surface area contributed by atoms with Crippen LogP contribution in [0.1, 0.15) is 0 Å². The molecule has 0 aromatic heterocycles. The van der Waals surface area contributed by atoms with E-state index in [4.69, 9.17) is 16.3 Å². The van der Waals surface area contributed by atoms with Gasteiger partial charge in [-0.05, 0) is 12.1 Å². The lowest BCUT2D eigenvalue weighted by Crippen LogP contribution is -2.29. The van der Waals surface area contributed by atoms with Crippen LogP contribution in [0.5, 0.6) is 5.75 Å². The molecule has 0 fully saturated rings. The number of hydrogen-bond donors (Lipinski definition) is 1. The lowest BCUT2D eigenvalue weighted by atomic mass is 10.3. The summed E-state index contributed by atoms with van der Waals surface area (Å²) in [6.07, 6.45) is 0. The number of halogens is 3. The second kappa shape index (κ2) is 6.20. The van der Waals surface area contributed by atoms with Crippen LogP contribution in [-0.2, 0) is 4.79 Å². The average Bonchev–Trinajstić information content (AvgIpc) is 2.25. The van der Waals surface area contributed by atoms with E-state index in [0.29, 0.717) is 6.07 Å². The van der Waals surface area contributed by atoms with Gasteiger partial charge in [-0.2, -0.15) is 0 Å². The third-order valence-electron chi connectivity index (χ3n) is 1.73. The zero-order valence-corrected chi connectivity index (χ0v) is 9.56. The molecule has 0 aliphatic carbocycles. The summed E-state index contributed by atoms with van der Waals surface area (Å²) in [6, 6.07) is 2.82. The van der Waals surface area contributed by atoms with Crippen molar-refractivity contribution in [1.29, 1.82) is 0 Å². The molecule has 3 nitrogen and oxygen atoms in total. The lowest BCUT2D eigenvalue weighted by molar-refractivity contribution is -0.122. The van der Waals surface area contributed by atoms with Gasteiger partial charge in [0.2, 0.25) is 0 Å². The Morgan fingerprint density at radius 1 is 1.47 bits per heavy atom. The molecule has 0 bridgehead atoms. The van der Waals surface area contributed by atoms with Crippen molar-refractivity contribution in [2.75, 3.05) is 13.2 Å². The molecule has 1 rings (SSSR count). The van der Waals surface area contributed by atoms with Gasteiger partial charge in [0.25, 0.3) is 5.91 Å². The Morgan fingerprint density at radius 2 is 2.18 bits per heavy atom. The number of benzene rings is 1. The zero-order valence-electron chi connectivity index (χ0n) is 8.80. The van der Waals surface area contributed by atoms with Gasteiger partial charge < -0.3 is 10.1 Å². The molecule has 92 valence electrons. The molecule has 0 heterocycles. The summed E-state index contributed by atoms with van der Waals surface area (Å²) >= 11 is 5.43. The van der Waals surface area contributed by atoms with Crippen molar-refractivity contribution in [3.05, 3.63) is 41.4 Å². The number of ether oxygens (including phenoxy) is 1. The summed E-state index contributed by atoms with van der Waals surface area (Å²) in [6.45, 7) is 3.10. The highest BCUT2D eigenvalue weighted by Crippen LogP contribution is 2.17. The normalized spacial score (nSPS) is 9.82. The summed E-state index contributed by atoms with van der Waals surface area (Å²) in [5.74, 6) is -2.24. The van der Waals surface area contributed by atoms with E-state index in [1.807, 2.05) is 0 Å². The Morgan fingerprint density at radius 3 is 2.76 bits per heavy atom. The van der Waals surface area contributed by atoms with Gasteiger partial charge in [0.1, 0.15) is 5.82 Å². The first kappa shape index (κ1) is 13.4. The van der Waals surface area contributed by atoms with Crippen molar-refractivity contribution in [3.63, 3.8) is 0 Å². The van der Waals surface area contributed by atoms with Crippen molar-refractivity contribution >= 4 is 17.5 Å². The first-order chi connectivity index (χ1) is 7.99. The minimum Gasteiger partial charge on any atom is -0.481 e. The van der Waals surface area contributed by atoms with Crippen LogP contribution in [0.3, 0.4) is 0 Å². The molecule has 0 saturated carbocycles. The largest absolute Gasteiger partial charge is 0.481 e. The van der Waals surface area contributed by atoms with E-state index in [1.54, 1.807) is 0 Å². The molecule has 1 aromatic rings. The maximum absolute atomic E-state index is 13.1. The Labute approximate surface area is 102 Å². The molecule has 0 unspecified atom stereocenters. The van der Waals surface area contributed by atoms with E-state index in [9.17, 15) is 13.6 Å². The van der Waals surface area contributed by atoms with E-state index in [-0.39, 0.29) is 23.9 Å². The van der Waals surface area contributed by atoms with Crippen LogP contribution in [0, 0.1) is 11.6 Å². The molecule has 17 heavy (non-hydrogen) atoms. The van der Waals surface area contributed by atoms with Crippen molar-refractivity contribution < 1.29 is 18.3 Å². The smallest absolute Gasteiger partial charge is 0.258 e. The molecule has 0 aliphatic heterocycles. The highest BCUT2D eigenvalue weighted by atomic mass is 35.5.